The Balaban J connectivity index is 1.95. The van der Waals surface area contributed by atoms with Gasteiger partial charge in [0.05, 0.1) is 16.7 Å². The highest BCUT2D eigenvalue weighted by Gasteiger charge is 2.12. The largest absolute Gasteiger partial charge is 0.275 e. The van der Waals surface area contributed by atoms with Crippen LogP contribution in [0, 0.1) is 10.1 Å². The highest BCUT2D eigenvalue weighted by Crippen LogP contribution is 2.11. The number of carbonyl (C=O) groups is 2. The van der Waals surface area contributed by atoms with Crippen LogP contribution in [0.1, 0.15) is 20.7 Å². The fourth-order valence-electron chi connectivity index (χ4n) is 1.53. The number of aromatic nitrogens is 2. The lowest BCUT2D eigenvalue weighted by atomic mass is 10.2. The number of aryl methyl sites for hydroxylation is 1. The Morgan fingerprint density at radius 2 is 1.71 bits per heavy atom. The van der Waals surface area contributed by atoms with Crippen molar-refractivity contribution in [1.29, 1.82) is 0 Å². The first-order valence-electron chi connectivity index (χ1n) is 5.81. The zero-order valence-corrected chi connectivity index (χ0v) is 10.9. The summed E-state index contributed by atoms with van der Waals surface area (Å²) in [7, 11) is 1.66. The van der Waals surface area contributed by atoms with Gasteiger partial charge in [0.1, 0.15) is 0 Å². The number of carbonyl (C=O) groups excluding carboxylic acids is 2. The molecule has 0 aliphatic rings. The van der Waals surface area contributed by atoms with Crippen LogP contribution in [-0.4, -0.2) is 26.5 Å². The van der Waals surface area contributed by atoms with Crippen LogP contribution >= 0.6 is 0 Å². The second kappa shape index (κ2) is 5.82. The maximum atomic E-state index is 11.8. The maximum absolute atomic E-state index is 11.8. The van der Waals surface area contributed by atoms with Gasteiger partial charge in [-0.25, -0.2) is 0 Å². The Labute approximate surface area is 118 Å². The molecule has 2 aromatic rings. The summed E-state index contributed by atoms with van der Waals surface area (Å²) >= 11 is 0. The van der Waals surface area contributed by atoms with Crippen molar-refractivity contribution in [3.05, 3.63) is 57.9 Å². The fourth-order valence-corrected chi connectivity index (χ4v) is 1.53. The summed E-state index contributed by atoms with van der Waals surface area (Å²) in [5.41, 5.74) is 4.79. The lowest BCUT2D eigenvalue weighted by molar-refractivity contribution is -0.384. The molecule has 21 heavy (non-hydrogen) atoms. The van der Waals surface area contributed by atoms with Gasteiger partial charge in [-0.2, -0.15) is 5.10 Å². The third-order valence-electron chi connectivity index (χ3n) is 2.60. The molecule has 1 aromatic carbocycles. The third-order valence-corrected chi connectivity index (χ3v) is 2.60. The molecule has 1 heterocycles. The van der Waals surface area contributed by atoms with Crippen LogP contribution < -0.4 is 10.9 Å². The van der Waals surface area contributed by atoms with Crippen LogP contribution in [0.25, 0.3) is 0 Å². The van der Waals surface area contributed by atoms with Gasteiger partial charge in [-0.3, -0.25) is 35.2 Å². The van der Waals surface area contributed by atoms with Crippen molar-refractivity contribution < 1.29 is 14.5 Å². The number of non-ortho nitro benzene ring substituents is 1. The minimum absolute atomic E-state index is 0.119. The van der Waals surface area contributed by atoms with Crippen LogP contribution in [0.5, 0.6) is 0 Å². The number of amides is 2. The fraction of sp³-hybridized carbons (Fsp3) is 0.0833. The van der Waals surface area contributed by atoms with E-state index in [-0.39, 0.29) is 11.3 Å². The summed E-state index contributed by atoms with van der Waals surface area (Å²) in [4.78, 5) is 33.4. The van der Waals surface area contributed by atoms with Gasteiger partial charge in [-0.1, -0.05) is 0 Å². The standard InChI is InChI=1S/C12H11N5O4/c1-16-7-9(6-13-16)12(19)15-14-11(18)8-2-4-10(5-3-8)17(20)21/h2-7H,1H3,(H,14,18)(H,15,19). The summed E-state index contributed by atoms with van der Waals surface area (Å²) in [6.07, 6.45) is 2.85. The number of hydrazine groups is 1. The van der Waals surface area contributed by atoms with E-state index >= 15 is 0 Å². The number of hydrogen-bond donors (Lipinski definition) is 2. The zero-order chi connectivity index (χ0) is 15.4. The van der Waals surface area contributed by atoms with Crippen LogP contribution in [-0.2, 0) is 7.05 Å². The monoisotopic (exact) mass is 289 g/mol. The normalized spacial score (nSPS) is 9.95. The Morgan fingerprint density at radius 3 is 2.19 bits per heavy atom. The quantitative estimate of drug-likeness (QED) is 0.626. The lowest BCUT2D eigenvalue weighted by Gasteiger charge is -2.05. The molecule has 0 spiro atoms. The summed E-state index contributed by atoms with van der Waals surface area (Å²) in [6.45, 7) is 0. The molecule has 2 amide bonds. The highest BCUT2D eigenvalue weighted by molar-refractivity contribution is 5.98. The molecule has 2 rings (SSSR count). The van der Waals surface area contributed by atoms with Crippen molar-refractivity contribution in [3.63, 3.8) is 0 Å². The number of nitrogens with one attached hydrogen (secondary N) is 2. The van der Waals surface area contributed by atoms with E-state index in [2.05, 4.69) is 16.0 Å². The van der Waals surface area contributed by atoms with E-state index in [4.69, 9.17) is 0 Å². The molecule has 0 bridgehead atoms. The van der Waals surface area contributed by atoms with Gasteiger partial charge in [0.15, 0.2) is 0 Å². The van der Waals surface area contributed by atoms with Crippen molar-refractivity contribution >= 4 is 17.5 Å². The number of nitrogens with zero attached hydrogens (tertiary/aromatic N) is 3. The average Bonchev–Trinajstić information content (AvgIpc) is 2.91. The van der Waals surface area contributed by atoms with Crippen molar-refractivity contribution in [2.24, 2.45) is 7.05 Å². The number of nitro groups is 1. The van der Waals surface area contributed by atoms with Gasteiger partial charge in [-0.05, 0) is 12.1 Å². The van der Waals surface area contributed by atoms with Gasteiger partial charge in [0.2, 0.25) is 0 Å². The summed E-state index contributed by atoms with van der Waals surface area (Å²) in [5.74, 6) is -1.10. The molecule has 0 saturated carbocycles. The molecule has 1 aromatic heterocycles. The van der Waals surface area contributed by atoms with Crippen LogP contribution in [0.3, 0.4) is 0 Å². The van der Waals surface area contributed by atoms with Gasteiger partial charge in [-0.15, -0.1) is 0 Å². The van der Waals surface area contributed by atoms with Crippen molar-refractivity contribution in [3.8, 4) is 0 Å². The first-order valence-corrected chi connectivity index (χ1v) is 5.81. The molecule has 9 nitrogen and oxygen atoms in total. The summed E-state index contributed by atoms with van der Waals surface area (Å²) in [5, 5.41) is 14.3. The molecule has 0 saturated heterocycles. The van der Waals surface area contributed by atoms with E-state index in [1.54, 1.807) is 7.05 Å². The van der Waals surface area contributed by atoms with E-state index in [0.29, 0.717) is 5.56 Å². The zero-order valence-electron chi connectivity index (χ0n) is 10.9. The number of hydrogen-bond acceptors (Lipinski definition) is 5. The summed E-state index contributed by atoms with van der Waals surface area (Å²) in [6, 6.07) is 5.00. The molecule has 0 aliphatic carbocycles. The molecule has 0 aliphatic heterocycles. The molecule has 9 heteroatoms. The van der Waals surface area contributed by atoms with Crippen molar-refractivity contribution in [2.75, 3.05) is 0 Å². The van der Waals surface area contributed by atoms with Gasteiger partial charge in [0.25, 0.3) is 17.5 Å². The first kappa shape index (κ1) is 14.2. The van der Waals surface area contributed by atoms with Crippen molar-refractivity contribution in [1.82, 2.24) is 20.6 Å². The van der Waals surface area contributed by atoms with Crippen molar-refractivity contribution in [2.45, 2.75) is 0 Å². The Bertz CT molecular complexity index is 692. The maximum Gasteiger partial charge on any atom is 0.272 e. The SMILES string of the molecule is Cn1cc(C(=O)NNC(=O)c2ccc([N+](=O)[O-])cc2)cn1. The van der Waals surface area contributed by atoms with Crippen LogP contribution in [0.4, 0.5) is 5.69 Å². The third kappa shape index (κ3) is 3.41. The molecule has 0 radical (unpaired) electrons. The molecule has 108 valence electrons. The topological polar surface area (TPSA) is 119 Å². The predicted molar refractivity (Wildman–Crippen MR) is 71.2 cm³/mol. The number of nitro benzene ring substituents is 1. The minimum Gasteiger partial charge on any atom is -0.275 e. The molecule has 0 fully saturated rings. The molecular formula is C12H11N5O4. The second-order valence-corrected chi connectivity index (χ2v) is 4.11. The summed E-state index contributed by atoms with van der Waals surface area (Å²) < 4.78 is 1.45. The van der Waals surface area contributed by atoms with Gasteiger partial charge < -0.3 is 0 Å². The van der Waals surface area contributed by atoms with Gasteiger partial charge in [0, 0.05) is 30.9 Å². The highest BCUT2D eigenvalue weighted by atomic mass is 16.6. The Morgan fingerprint density at radius 1 is 1.14 bits per heavy atom. The Hall–Kier alpha value is -3.23. The second-order valence-electron chi connectivity index (χ2n) is 4.11. The number of rotatable bonds is 3. The first-order chi connectivity index (χ1) is 9.97. The van der Waals surface area contributed by atoms with E-state index in [1.807, 2.05) is 0 Å². The van der Waals surface area contributed by atoms with E-state index in [9.17, 15) is 19.7 Å². The lowest BCUT2D eigenvalue weighted by Crippen LogP contribution is -2.41. The Kier molecular flexibility index (Phi) is 3.93. The molecule has 0 unspecified atom stereocenters. The predicted octanol–water partition coefficient (Wildman–Crippen LogP) is 0.403. The molecule has 2 N–H and O–H groups in total. The van der Waals surface area contributed by atoms with Crippen LogP contribution in [0.2, 0.25) is 0 Å². The molecule has 0 atom stereocenters. The number of benzene rings is 1. The average molecular weight is 289 g/mol. The molecular weight excluding hydrogens is 278 g/mol. The van der Waals surface area contributed by atoms with Crippen LogP contribution in [0.15, 0.2) is 36.7 Å². The van der Waals surface area contributed by atoms with E-state index < -0.39 is 16.7 Å². The van der Waals surface area contributed by atoms with Gasteiger partial charge >= 0.3 is 0 Å². The van der Waals surface area contributed by atoms with E-state index in [0.717, 1.165) is 0 Å². The minimum atomic E-state index is -0.581. The smallest absolute Gasteiger partial charge is 0.272 e. The van der Waals surface area contributed by atoms with E-state index in [1.165, 1.54) is 41.3 Å².